The average Bonchev–Trinajstić information content (AvgIpc) is 2.89. The molecule has 4 aromatic rings. The maximum Gasteiger partial charge on any atom is 0.328 e. The Morgan fingerprint density at radius 3 is 2.06 bits per heavy atom. The fraction of sp³-hybridized carbons (Fsp3) is 0.161. The van der Waals surface area contributed by atoms with Gasteiger partial charge in [-0.05, 0) is 31.5 Å². The molecule has 1 atom stereocenters. The third-order valence-corrected chi connectivity index (χ3v) is 5.70. The molecule has 0 N–H and O–H groups in total. The molecular formula is C31H28FNO3. The van der Waals surface area contributed by atoms with E-state index in [-0.39, 0.29) is 12.1 Å². The molecule has 0 amide bonds. The summed E-state index contributed by atoms with van der Waals surface area (Å²) in [7, 11) is 0. The topological polar surface area (TPSA) is 47.9 Å². The number of halogens is 1. The second kappa shape index (κ2) is 11.9. The zero-order valence-electron chi connectivity index (χ0n) is 20.4. The number of benzene rings is 4. The van der Waals surface area contributed by atoms with Gasteiger partial charge in [-0.2, -0.15) is 0 Å². The molecule has 5 heteroatoms. The smallest absolute Gasteiger partial charge is 0.328 e. The summed E-state index contributed by atoms with van der Waals surface area (Å²) in [6, 6.07) is 31.8. The van der Waals surface area contributed by atoms with Crippen LogP contribution in [0.3, 0.4) is 0 Å². The van der Waals surface area contributed by atoms with Gasteiger partial charge in [0, 0.05) is 22.8 Å². The minimum atomic E-state index is -0.768. The van der Waals surface area contributed by atoms with E-state index in [2.05, 4.69) is 4.99 Å². The summed E-state index contributed by atoms with van der Waals surface area (Å²) < 4.78 is 26.0. The van der Waals surface area contributed by atoms with Crippen LogP contribution in [0.4, 0.5) is 4.39 Å². The quantitative estimate of drug-likeness (QED) is 0.194. The first-order valence-electron chi connectivity index (χ1n) is 11.8. The van der Waals surface area contributed by atoms with Gasteiger partial charge in [0.25, 0.3) is 0 Å². The normalized spacial score (nSPS) is 11.4. The summed E-state index contributed by atoms with van der Waals surface area (Å²) in [6.45, 7) is 3.82. The van der Waals surface area contributed by atoms with Crippen LogP contribution < -0.4 is 4.74 Å². The molecule has 0 bridgehead atoms. The number of ether oxygens (including phenoxy) is 2. The lowest BCUT2D eigenvalue weighted by atomic mass is 10.0. The maximum atomic E-state index is 14.8. The van der Waals surface area contributed by atoms with Crippen LogP contribution in [0.5, 0.6) is 5.75 Å². The number of rotatable bonds is 9. The fourth-order valence-corrected chi connectivity index (χ4v) is 3.76. The van der Waals surface area contributed by atoms with Crippen LogP contribution in [0, 0.1) is 12.7 Å². The van der Waals surface area contributed by atoms with Crippen LogP contribution in [-0.4, -0.2) is 18.2 Å². The summed E-state index contributed by atoms with van der Waals surface area (Å²) >= 11 is 0. The minimum absolute atomic E-state index is 0.178. The Kier molecular flexibility index (Phi) is 8.24. The van der Waals surface area contributed by atoms with Gasteiger partial charge in [0.1, 0.15) is 30.8 Å². The zero-order valence-corrected chi connectivity index (χ0v) is 20.4. The van der Waals surface area contributed by atoms with E-state index >= 15 is 0 Å². The first-order valence-corrected chi connectivity index (χ1v) is 11.8. The second-order valence-electron chi connectivity index (χ2n) is 8.49. The molecule has 0 saturated heterocycles. The summed E-state index contributed by atoms with van der Waals surface area (Å²) in [5.41, 5.74) is 4.94. The predicted molar refractivity (Wildman–Crippen MR) is 140 cm³/mol. The van der Waals surface area contributed by atoms with Crippen LogP contribution in [0.2, 0.25) is 0 Å². The third kappa shape index (κ3) is 6.66. The highest BCUT2D eigenvalue weighted by Crippen LogP contribution is 2.25. The summed E-state index contributed by atoms with van der Waals surface area (Å²) in [5, 5.41) is 0. The predicted octanol–water partition coefficient (Wildman–Crippen LogP) is 6.85. The summed E-state index contributed by atoms with van der Waals surface area (Å²) in [6.07, 6.45) is -0.768. The molecule has 4 aromatic carbocycles. The zero-order chi connectivity index (χ0) is 25.3. The molecule has 4 nitrogen and oxygen atoms in total. The number of carbonyl (C=O) groups is 1. The van der Waals surface area contributed by atoms with E-state index in [0.717, 1.165) is 16.7 Å². The average molecular weight is 482 g/mol. The highest BCUT2D eigenvalue weighted by molar-refractivity contribution is 6.13. The molecule has 0 saturated carbocycles. The molecule has 0 radical (unpaired) electrons. The van der Waals surface area contributed by atoms with Gasteiger partial charge in [-0.15, -0.1) is 0 Å². The Hall–Kier alpha value is -4.25. The Morgan fingerprint density at radius 1 is 0.861 bits per heavy atom. The fourth-order valence-electron chi connectivity index (χ4n) is 3.76. The number of hydrogen-bond donors (Lipinski definition) is 0. The molecule has 0 aliphatic carbocycles. The molecule has 0 spiro atoms. The van der Waals surface area contributed by atoms with Crippen LogP contribution in [0.1, 0.15) is 40.8 Å². The van der Waals surface area contributed by atoms with E-state index in [9.17, 15) is 9.18 Å². The number of hydrogen-bond acceptors (Lipinski definition) is 4. The lowest BCUT2D eigenvalue weighted by molar-refractivity contribution is -0.146. The molecule has 1 unspecified atom stereocenters. The SMILES string of the molecule is Cc1ccc(COc2ccc(C(C)OC(=O)CN=C(c3ccccc3)c3ccccc3)c(F)c2)cc1. The lowest BCUT2D eigenvalue weighted by Crippen LogP contribution is -2.15. The van der Waals surface area contributed by atoms with Crippen molar-refractivity contribution in [3.63, 3.8) is 0 Å². The standard InChI is InChI=1S/C31H28FNO3/c1-22-13-15-24(16-14-22)21-35-27-17-18-28(29(32)19-27)23(2)36-30(34)20-33-31(25-9-5-3-6-10-25)26-11-7-4-8-12-26/h3-19,23H,20-21H2,1-2H3. The van der Waals surface area contributed by atoms with Gasteiger partial charge >= 0.3 is 5.97 Å². The van der Waals surface area contributed by atoms with Crippen molar-refractivity contribution in [1.29, 1.82) is 0 Å². The molecule has 0 heterocycles. The highest BCUT2D eigenvalue weighted by atomic mass is 19.1. The van der Waals surface area contributed by atoms with Crippen LogP contribution in [-0.2, 0) is 16.1 Å². The summed E-state index contributed by atoms with van der Waals surface area (Å²) in [4.78, 5) is 17.1. The second-order valence-corrected chi connectivity index (χ2v) is 8.49. The van der Waals surface area contributed by atoms with E-state index in [1.54, 1.807) is 19.1 Å². The number of carbonyl (C=O) groups excluding carboxylic acids is 1. The van der Waals surface area contributed by atoms with Crippen LogP contribution in [0.25, 0.3) is 0 Å². The molecule has 182 valence electrons. The molecule has 0 fully saturated rings. The van der Waals surface area contributed by atoms with Crippen molar-refractivity contribution < 1.29 is 18.7 Å². The van der Waals surface area contributed by atoms with Crippen LogP contribution >= 0.6 is 0 Å². The van der Waals surface area contributed by atoms with Gasteiger partial charge in [-0.3, -0.25) is 9.79 Å². The van der Waals surface area contributed by atoms with Crippen molar-refractivity contribution in [2.24, 2.45) is 4.99 Å². The van der Waals surface area contributed by atoms with E-state index in [4.69, 9.17) is 9.47 Å². The molecular weight excluding hydrogens is 453 g/mol. The van der Waals surface area contributed by atoms with Gasteiger partial charge in [0.05, 0.1) is 5.71 Å². The van der Waals surface area contributed by atoms with E-state index in [1.807, 2.05) is 91.9 Å². The number of esters is 1. The van der Waals surface area contributed by atoms with Gasteiger partial charge in [-0.1, -0.05) is 90.5 Å². The van der Waals surface area contributed by atoms with Gasteiger partial charge < -0.3 is 9.47 Å². The Labute approximate surface area is 211 Å². The van der Waals surface area contributed by atoms with E-state index in [1.165, 1.54) is 11.6 Å². The number of aliphatic imine (C=N–C) groups is 1. The van der Waals surface area contributed by atoms with Crippen molar-refractivity contribution in [3.8, 4) is 5.75 Å². The lowest BCUT2D eigenvalue weighted by Gasteiger charge is -2.15. The molecule has 4 rings (SSSR count). The molecule has 36 heavy (non-hydrogen) atoms. The van der Waals surface area contributed by atoms with Crippen LogP contribution in [0.15, 0.2) is 108 Å². The van der Waals surface area contributed by atoms with Crippen molar-refractivity contribution in [3.05, 3.63) is 137 Å². The van der Waals surface area contributed by atoms with Crippen molar-refractivity contribution in [1.82, 2.24) is 0 Å². The Morgan fingerprint density at radius 2 is 1.47 bits per heavy atom. The van der Waals surface area contributed by atoms with E-state index < -0.39 is 17.9 Å². The maximum absolute atomic E-state index is 14.8. The van der Waals surface area contributed by atoms with E-state index in [0.29, 0.717) is 18.1 Å². The largest absolute Gasteiger partial charge is 0.489 e. The number of aryl methyl sites for hydroxylation is 1. The highest BCUT2D eigenvalue weighted by Gasteiger charge is 2.17. The molecule has 0 aliphatic rings. The van der Waals surface area contributed by atoms with Crippen molar-refractivity contribution >= 4 is 11.7 Å². The third-order valence-electron chi connectivity index (χ3n) is 5.70. The minimum Gasteiger partial charge on any atom is -0.489 e. The van der Waals surface area contributed by atoms with Gasteiger partial charge in [0.2, 0.25) is 0 Å². The van der Waals surface area contributed by atoms with Crippen molar-refractivity contribution in [2.45, 2.75) is 26.6 Å². The first-order chi connectivity index (χ1) is 17.5. The molecule has 0 aromatic heterocycles. The Balaban J connectivity index is 1.39. The van der Waals surface area contributed by atoms with Gasteiger partial charge in [0.15, 0.2) is 0 Å². The first kappa shape index (κ1) is 24.9. The summed E-state index contributed by atoms with van der Waals surface area (Å²) in [5.74, 6) is -0.615. The van der Waals surface area contributed by atoms with Crippen molar-refractivity contribution in [2.75, 3.05) is 6.54 Å². The Bertz CT molecular complexity index is 1280. The number of nitrogens with zero attached hydrogens (tertiary/aromatic N) is 1. The monoisotopic (exact) mass is 481 g/mol. The molecule has 0 aliphatic heterocycles. The van der Waals surface area contributed by atoms with Gasteiger partial charge in [-0.25, -0.2) is 4.39 Å².